The normalized spacial score (nSPS) is 11.1. The fourth-order valence-electron chi connectivity index (χ4n) is 3.61. The Kier molecular flexibility index (Phi) is 7.25. The van der Waals surface area contributed by atoms with Gasteiger partial charge in [-0.1, -0.05) is 38.1 Å². The highest BCUT2D eigenvalue weighted by Crippen LogP contribution is 2.29. The molecule has 0 aliphatic carbocycles. The van der Waals surface area contributed by atoms with E-state index < -0.39 is 5.97 Å². The van der Waals surface area contributed by atoms with Crippen molar-refractivity contribution in [2.45, 2.75) is 27.2 Å². The topological polar surface area (TPSA) is 63.6 Å². The third-order valence-electron chi connectivity index (χ3n) is 5.18. The summed E-state index contributed by atoms with van der Waals surface area (Å²) in [5.41, 5.74) is 2.01. The van der Waals surface area contributed by atoms with Gasteiger partial charge in [0.2, 0.25) is 0 Å². The third kappa shape index (κ3) is 4.89. The van der Waals surface area contributed by atoms with Crippen LogP contribution in [0.25, 0.3) is 16.6 Å². The van der Waals surface area contributed by atoms with Gasteiger partial charge in [0, 0.05) is 19.7 Å². The quantitative estimate of drug-likeness (QED) is 0.331. The summed E-state index contributed by atoms with van der Waals surface area (Å²) in [6.45, 7) is 9.05. The van der Waals surface area contributed by atoms with E-state index in [1.165, 1.54) is 6.92 Å². The molecule has 0 saturated carbocycles. The van der Waals surface area contributed by atoms with Crippen molar-refractivity contribution in [3.05, 3.63) is 60.3 Å². The Balaban J connectivity index is 1.91. The minimum atomic E-state index is -0.458. The van der Waals surface area contributed by atoms with E-state index in [0.717, 1.165) is 37.0 Å². The van der Waals surface area contributed by atoms with Gasteiger partial charge in [-0.05, 0) is 55.7 Å². The highest BCUT2D eigenvalue weighted by molar-refractivity contribution is 6.02. The number of ether oxygens (including phenoxy) is 1. The Morgan fingerprint density at radius 3 is 2.53 bits per heavy atom. The SMILES string of the molecule is CCN(CC)CCCNC(=O)c1c(OC(C)=O)cccc1-n1ccc2ccccc21. The summed E-state index contributed by atoms with van der Waals surface area (Å²) in [5.74, 6) is -0.446. The molecule has 0 radical (unpaired) electrons. The molecule has 1 aromatic heterocycles. The van der Waals surface area contributed by atoms with Gasteiger partial charge in [0.1, 0.15) is 11.3 Å². The largest absolute Gasteiger partial charge is 0.426 e. The maximum absolute atomic E-state index is 13.2. The number of nitrogens with zero attached hydrogens (tertiary/aromatic N) is 2. The number of nitrogens with one attached hydrogen (secondary N) is 1. The fraction of sp³-hybridized carbons (Fsp3) is 0.333. The van der Waals surface area contributed by atoms with Crippen LogP contribution in [-0.2, 0) is 4.79 Å². The smallest absolute Gasteiger partial charge is 0.308 e. The summed E-state index contributed by atoms with van der Waals surface area (Å²) in [6.07, 6.45) is 2.78. The molecule has 30 heavy (non-hydrogen) atoms. The molecular weight excluding hydrogens is 378 g/mol. The van der Waals surface area contributed by atoms with Crippen LogP contribution in [0.5, 0.6) is 5.75 Å². The second-order valence-corrected chi connectivity index (χ2v) is 7.12. The zero-order valence-electron chi connectivity index (χ0n) is 17.9. The fourth-order valence-corrected chi connectivity index (χ4v) is 3.61. The molecule has 3 rings (SSSR count). The van der Waals surface area contributed by atoms with E-state index >= 15 is 0 Å². The first kappa shape index (κ1) is 21.6. The van der Waals surface area contributed by atoms with E-state index in [4.69, 9.17) is 4.74 Å². The third-order valence-corrected chi connectivity index (χ3v) is 5.18. The van der Waals surface area contributed by atoms with Crippen LogP contribution in [0.4, 0.5) is 0 Å². The van der Waals surface area contributed by atoms with E-state index in [1.807, 2.05) is 47.2 Å². The number of esters is 1. The second-order valence-electron chi connectivity index (χ2n) is 7.12. The lowest BCUT2D eigenvalue weighted by Crippen LogP contribution is -2.30. The molecule has 3 aromatic rings. The molecule has 0 aliphatic rings. The maximum atomic E-state index is 13.2. The number of amides is 1. The Labute approximate surface area is 177 Å². The molecule has 6 nitrogen and oxygen atoms in total. The van der Waals surface area contributed by atoms with Crippen LogP contribution in [0.3, 0.4) is 0 Å². The molecular formula is C24H29N3O3. The summed E-state index contributed by atoms with van der Waals surface area (Å²) in [5, 5.41) is 4.07. The Morgan fingerprint density at radius 2 is 1.80 bits per heavy atom. The monoisotopic (exact) mass is 407 g/mol. The van der Waals surface area contributed by atoms with Crippen LogP contribution in [0.1, 0.15) is 37.6 Å². The maximum Gasteiger partial charge on any atom is 0.308 e. The van der Waals surface area contributed by atoms with Crippen molar-refractivity contribution >= 4 is 22.8 Å². The minimum Gasteiger partial charge on any atom is -0.426 e. The zero-order chi connectivity index (χ0) is 21.5. The predicted octanol–water partition coefficient (Wildman–Crippen LogP) is 4.02. The average Bonchev–Trinajstić information content (AvgIpc) is 3.17. The van der Waals surface area contributed by atoms with Gasteiger partial charge in [-0.2, -0.15) is 0 Å². The van der Waals surface area contributed by atoms with E-state index in [2.05, 4.69) is 24.1 Å². The van der Waals surface area contributed by atoms with E-state index in [9.17, 15) is 9.59 Å². The summed E-state index contributed by atoms with van der Waals surface area (Å²) >= 11 is 0. The Morgan fingerprint density at radius 1 is 1.03 bits per heavy atom. The summed E-state index contributed by atoms with van der Waals surface area (Å²) < 4.78 is 7.33. The molecule has 1 amide bonds. The number of rotatable bonds is 9. The number of benzene rings is 2. The Hall–Kier alpha value is -3.12. The summed E-state index contributed by atoms with van der Waals surface area (Å²) in [4.78, 5) is 27.1. The lowest BCUT2D eigenvalue weighted by atomic mass is 10.1. The van der Waals surface area contributed by atoms with Gasteiger partial charge in [-0.3, -0.25) is 9.59 Å². The number of para-hydroxylation sites is 1. The first-order valence-electron chi connectivity index (χ1n) is 10.4. The van der Waals surface area contributed by atoms with Crippen molar-refractivity contribution in [2.75, 3.05) is 26.2 Å². The lowest BCUT2D eigenvalue weighted by molar-refractivity contribution is -0.131. The van der Waals surface area contributed by atoms with Gasteiger partial charge in [0.05, 0.1) is 11.2 Å². The zero-order valence-corrected chi connectivity index (χ0v) is 17.9. The van der Waals surface area contributed by atoms with Crippen LogP contribution in [0.15, 0.2) is 54.7 Å². The standard InChI is InChI=1S/C24H29N3O3/c1-4-26(5-2)16-9-15-25-24(29)23-21(12-8-13-22(23)30-18(3)28)27-17-14-19-10-6-7-11-20(19)27/h6-8,10-14,17H,4-5,9,15-16H2,1-3H3,(H,25,29). The van der Waals surface area contributed by atoms with Crippen molar-refractivity contribution in [3.63, 3.8) is 0 Å². The number of hydrogen-bond acceptors (Lipinski definition) is 4. The van der Waals surface area contributed by atoms with Crippen LogP contribution in [0, 0.1) is 0 Å². The van der Waals surface area contributed by atoms with Gasteiger partial charge in [-0.15, -0.1) is 0 Å². The van der Waals surface area contributed by atoms with Crippen molar-refractivity contribution in [1.82, 2.24) is 14.8 Å². The average molecular weight is 408 g/mol. The minimum absolute atomic E-state index is 0.251. The summed E-state index contributed by atoms with van der Waals surface area (Å²) in [7, 11) is 0. The van der Waals surface area contributed by atoms with E-state index in [0.29, 0.717) is 17.8 Å². The van der Waals surface area contributed by atoms with Crippen molar-refractivity contribution < 1.29 is 14.3 Å². The van der Waals surface area contributed by atoms with Crippen LogP contribution >= 0.6 is 0 Å². The van der Waals surface area contributed by atoms with Crippen LogP contribution in [0.2, 0.25) is 0 Å². The first-order chi connectivity index (χ1) is 14.5. The van der Waals surface area contributed by atoms with Gasteiger partial charge >= 0.3 is 5.97 Å². The van der Waals surface area contributed by atoms with Crippen LogP contribution in [-0.4, -0.2) is 47.5 Å². The van der Waals surface area contributed by atoms with Crippen molar-refractivity contribution in [2.24, 2.45) is 0 Å². The molecule has 0 saturated heterocycles. The number of carbonyl (C=O) groups is 2. The number of carbonyl (C=O) groups excluding carboxylic acids is 2. The van der Waals surface area contributed by atoms with Crippen LogP contribution < -0.4 is 10.1 Å². The van der Waals surface area contributed by atoms with Gasteiger partial charge in [0.15, 0.2) is 0 Å². The highest BCUT2D eigenvalue weighted by Gasteiger charge is 2.20. The molecule has 1 heterocycles. The highest BCUT2D eigenvalue weighted by atomic mass is 16.5. The van der Waals surface area contributed by atoms with Crippen molar-refractivity contribution in [3.8, 4) is 11.4 Å². The number of hydrogen-bond donors (Lipinski definition) is 1. The molecule has 0 fully saturated rings. The Bertz CT molecular complexity index is 1020. The summed E-state index contributed by atoms with van der Waals surface area (Å²) in [6, 6.07) is 15.3. The van der Waals surface area contributed by atoms with E-state index in [-0.39, 0.29) is 11.7 Å². The lowest BCUT2D eigenvalue weighted by Gasteiger charge is -2.18. The second kappa shape index (κ2) is 10.1. The molecule has 0 spiro atoms. The molecule has 0 unspecified atom stereocenters. The molecule has 0 aliphatic heterocycles. The van der Waals surface area contributed by atoms with Gasteiger partial charge in [0.25, 0.3) is 5.91 Å². The molecule has 1 N–H and O–H groups in total. The van der Waals surface area contributed by atoms with E-state index in [1.54, 1.807) is 12.1 Å². The molecule has 2 aromatic carbocycles. The van der Waals surface area contributed by atoms with Crippen molar-refractivity contribution in [1.29, 1.82) is 0 Å². The molecule has 6 heteroatoms. The van der Waals surface area contributed by atoms with Gasteiger partial charge < -0.3 is 19.5 Å². The number of fused-ring (bicyclic) bond motifs is 1. The van der Waals surface area contributed by atoms with Gasteiger partial charge in [-0.25, -0.2) is 0 Å². The molecule has 0 atom stereocenters. The first-order valence-corrected chi connectivity index (χ1v) is 10.4. The molecule has 158 valence electrons. The number of aromatic nitrogens is 1. The molecule has 0 bridgehead atoms. The predicted molar refractivity (Wildman–Crippen MR) is 119 cm³/mol.